The lowest BCUT2D eigenvalue weighted by molar-refractivity contribution is -0.117. The Labute approximate surface area is 131 Å². The quantitative estimate of drug-likeness (QED) is 0.778. The zero-order chi connectivity index (χ0) is 16.1. The molecule has 3 amide bonds. The largest absolute Gasteiger partial charge is 0.461 e. The molecule has 0 aliphatic heterocycles. The van der Waals surface area contributed by atoms with Gasteiger partial charge in [-0.1, -0.05) is 25.6 Å². The first-order valence-corrected chi connectivity index (χ1v) is 7.65. The summed E-state index contributed by atoms with van der Waals surface area (Å²) in [6, 6.07) is 2.71. The molecule has 2 aromatic rings. The molecule has 0 spiro atoms. The Hall–Kier alpha value is -2.29. The number of carbonyl (C=O) groups is 2. The van der Waals surface area contributed by atoms with Crippen molar-refractivity contribution in [1.82, 2.24) is 20.1 Å². The van der Waals surface area contributed by atoms with E-state index in [4.69, 9.17) is 10.2 Å². The summed E-state index contributed by atoms with van der Waals surface area (Å²) in [5.41, 5.74) is 4.90. The monoisotopic (exact) mass is 323 g/mol. The molecular weight excluding hydrogens is 306 g/mol. The number of rotatable bonds is 6. The predicted octanol–water partition coefficient (Wildman–Crippen LogP) is 1.48. The number of aromatic nitrogens is 3. The highest BCUT2D eigenvalue weighted by Crippen LogP contribution is 2.25. The van der Waals surface area contributed by atoms with Crippen LogP contribution in [0.5, 0.6) is 0 Å². The van der Waals surface area contributed by atoms with Crippen LogP contribution in [-0.2, 0) is 11.3 Å². The van der Waals surface area contributed by atoms with Crippen LogP contribution < -0.4 is 11.1 Å². The molecule has 9 heteroatoms. The van der Waals surface area contributed by atoms with Gasteiger partial charge in [0.25, 0.3) is 0 Å². The number of urea groups is 1. The van der Waals surface area contributed by atoms with Crippen LogP contribution in [0.15, 0.2) is 28.0 Å². The minimum absolute atomic E-state index is 0.0251. The fourth-order valence-electron chi connectivity index (χ4n) is 1.82. The average Bonchev–Trinajstić information content (AvgIpc) is 3.04. The van der Waals surface area contributed by atoms with E-state index in [9.17, 15) is 9.59 Å². The van der Waals surface area contributed by atoms with Crippen LogP contribution in [0.4, 0.5) is 4.79 Å². The summed E-state index contributed by atoms with van der Waals surface area (Å²) in [6.45, 7) is 4.82. The molecule has 2 rings (SSSR count). The number of nitrogens with zero attached hydrogens (tertiary/aromatic N) is 3. The van der Waals surface area contributed by atoms with E-state index in [0.29, 0.717) is 29.2 Å². The number of hydrogen-bond donors (Lipinski definition) is 2. The molecule has 0 unspecified atom stereocenters. The number of amides is 3. The highest BCUT2D eigenvalue weighted by atomic mass is 32.2. The lowest BCUT2D eigenvalue weighted by Gasteiger charge is -2.11. The van der Waals surface area contributed by atoms with Crippen molar-refractivity contribution in [2.45, 2.75) is 25.5 Å². The van der Waals surface area contributed by atoms with Crippen LogP contribution in [0.3, 0.4) is 0 Å². The molecule has 0 atom stereocenters. The van der Waals surface area contributed by atoms with Gasteiger partial charge in [0, 0.05) is 6.54 Å². The Morgan fingerprint density at radius 1 is 1.45 bits per heavy atom. The third kappa shape index (κ3) is 4.10. The van der Waals surface area contributed by atoms with Gasteiger partial charge in [0.1, 0.15) is 0 Å². The third-order valence-electron chi connectivity index (χ3n) is 2.60. The van der Waals surface area contributed by atoms with Gasteiger partial charge in [0.2, 0.25) is 5.91 Å². The molecule has 22 heavy (non-hydrogen) atoms. The maximum absolute atomic E-state index is 11.5. The van der Waals surface area contributed by atoms with Crippen molar-refractivity contribution in [2.75, 3.05) is 5.75 Å². The van der Waals surface area contributed by atoms with E-state index in [1.54, 1.807) is 18.4 Å². The summed E-state index contributed by atoms with van der Waals surface area (Å²) in [7, 11) is 0. The van der Waals surface area contributed by atoms with E-state index in [1.165, 1.54) is 11.8 Å². The van der Waals surface area contributed by atoms with Crippen LogP contribution in [0.2, 0.25) is 0 Å². The van der Waals surface area contributed by atoms with Gasteiger partial charge in [-0.2, -0.15) is 0 Å². The predicted molar refractivity (Wildman–Crippen MR) is 81.0 cm³/mol. The Balaban J connectivity index is 2.17. The van der Waals surface area contributed by atoms with E-state index in [-0.39, 0.29) is 5.75 Å². The summed E-state index contributed by atoms with van der Waals surface area (Å²) in [6.07, 6.45) is 1.57. The van der Waals surface area contributed by atoms with Crippen molar-refractivity contribution in [3.63, 3.8) is 0 Å². The standard InChI is InChI=1S/C13H17N5O3S/c1-8(2)6-18-11(9-4-3-5-21-9)16-17-13(18)22-7-10(19)15-12(14)20/h3-5,8H,6-7H2,1-2H3,(H3,14,15,19,20). The number of primary amides is 1. The Morgan fingerprint density at radius 3 is 2.82 bits per heavy atom. The van der Waals surface area contributed by atoms with Crippen LogP contribution in [0, 0.1) is 5.92 Å². The molecule has 2 aromatic heterocycles. The zero-order valence-electron chi connectivity index (χ0n) is 12.3. The summed E-state index contributed by atoms with van der Waals surface area (Å²) < 4.78 is 7.25. The Kier molecular flexibility index (Phi) is 5.21. The first kappa shape index (κ1) is 16.1. The number of furan rings is 1. The maximum Gasteiger partial charge on any atom is 0.318 e. The average molecular weight is 323 g/mol. The van der Waals surface area contributed by atoms with Crippen molar-refractivity contribution in [2.24, 2.45) is 11.7 Å². The molecule has 0 saturated carbocycles. The second-order valence-electron chi connectivity index (χ2n) is 4.99. The Morgan fingerprint density at radius 2 is 2.23 bits per heavy atom. The molecule has 0 fully saturated rings. The zero-order valence-corrected chi connectivity index (χ0v) is 13.1. The summed E-state index contributed by atoms with van der Waals surface area (Å²) >= 11 is 1.19. The number of nitrogens with two attached hydrogens (primary N) is 1. The summed E-state index contributed by atoms with van der Waals surface area (Å²) in [4.78, 5) is 22.1. The van der Waals surface area contributed by atoms with E-state index in [0.717, 1.165) is 0 Å². The number of imide groups is 1. The fourth-order valence-corrected chi connectivity index (χ4v) is 2.56. The fraction of sp³-hybridized carbons (Fsp3) is 0.385. The van der Waals surface area contributed by atoms with E-state index >= 15 is 0 Å². The van der Waals surface area contributed by atoms with Gasteiger partial charge >= 0.3 is 6.03 Å². The highest BCUT2D eigenvalue weighted by Gasteiger charge is 2.18. The molecule has 8 nitrogen and oxygen atoms in total. The van der Waals surface area contributed by atoms with Gasteiger partial charge in [0.15, 0.2) is 16.7 Å². The van der Waals surface area contributed by atoms with Crippen LogP contribution in [-0.4, -0.2) is 32.5 Å². The molecular formula is C13H17N5O3S. The molecule has 0 aliphatic carbocycles. The summed E-state index contributed by atoms with van der Waals surface area (Å²) in [5.74, 6) is 1.13. The van der Waals surface area contributed by atoms with Crippen molar-refractivity contribution in [3.8, 4) is 11.6 Å². The van der Waals surface area contributed by atoms with Crippen LogP contribution in [0.1, 0.15) is 13.8 Å². The SMILES string of the molecule is CC(C)Cn1c(SCC(=O)NC(N)=O)nnc1-c1ccco1. The highest BCUT2D eigenvalue weighted by molar-refractivity contribution is 7.99. The number of carbonyl (C=O) groups excluding carboxylic acids is 2. The molecule has 0 aromatic carbocycles. The second-order valence-corrected chi connectivity index (χ2v) is 5.93. The first-order chi connectivity index (χ1) is 10.5. The minimum Gasteiger partial charge on any atom is -0.461 e. The van der Waals surface area contributed by atoms with E-state index < -0.39 is 11.9 Å². The van der Waals surface area contributed by atoms with E-state index in [1.807, 2.05) is 9.88 Å². The van der Waals surface area contributed by atoms with Gasteiger partial charge in [-0.3, -0.25) is 14.7 Å². The van der Waals surface area contributed by atoms with Crippen molar-refractivity contribution < 1.29 is 14.0 Å². The van der Waals surface area contributed by atoms with Crippen LogP contribution >= 0.6 is 11.8 Å². The number of nitrogens with one attached hydrogen (secondary N) is 1. The van der Waals surface area contributed by atoms with Gasteiger partial charge < -0.3 is 10.2 Å². The van der Waals surface area contributed by atoms with Gasteiger partial charge in [0.05, 0.1) is 12.0 Å². The number of hydrogen-bond acceptors (Lipinski definition) is 6. The normalized spacial score (nSPS) is 10.9. The minimum atomic E-state index is -0.870. The van der Waals surface area contributed by atoms with Gasteiger partial charge in [-0.25, -0.2) is 4.79 Å². The molecule has 3 N–H and O–H groups in total. The lowest BCUT2D eigenvalue weighted by Crippen LogP contribution is -2.36. The van der Waals surface area contributed by atoms with Crippen molar-refractivity contribution in [1.29, 1.82) is 0 Å². The molecule has 0 radical (unpaired) electrons. The van der Waals surface area contributed by atoms with Crippen LogP contribution in [0.25, 0.3) is 11.6 Å². The van der Waals surface area contributed by atoms with E-state index in [2.05, 4.69) is 24.0 Å². The molecule has 0 saturated heterocycles. The van der Waals surface area contributed by atoms with Crippen molar-refractivity contribution >= 4 is 23.7 Å². The molecule has 0 bridgehead atoms. The topological polar surface area (TPSA) is 116 Å². The van der Waals surface area contributed by atoms with Gasteiger partial charge in [-0.15, -0.1) is 10.2 Å². The molecule has 0 aliphatic rings. The molecule has 2 heterocycles. The first-order valence-electron chi connectivity index (χ1n) is 6.66. The van der Waals surface area contributed by atoms with Crippen molar-refractivity contribution in [3.05, 3.63) is 18.4 Å². The van der Waals surface area contributed by atoms with Gasteiger partial charge in [-0.05, 0) is 18.1 Å². The third-order valence-corrected chi connectivity index (χ3v) is 3.57. The molecule has 118 valence electrons. The second kappa shape index (κ2) is 7.12. The lowest BCUT2D eigenvalue weighted by atomic mass is 10.2. The number of thioether (sulfide) groups is 1. The Bertz CT molecular complexity index is 651. The smallest absolute Gasteiger partial charge is 0.318 e. The maximum atomic E-state index is 11.5. The summed E-state index contributed by atoms with van der Waals surface area (Å²) in [5, 5.41) is 10.8.